The molecule has 1 heterocycles. The van der Waals surface area contributed by atoms with Crippen molar-refractivity contribution in [3.63, 3.8) is 0 Å². The van der Waals surface area contributed by atoms with Crippen molar-refractivity contribution in [1.82, 2.24) is 0 Å². The second-order valence-corrected chi connectivity index (χ2v) is 8.77. The standard InChI is InChI=1S/C27H24N2O5S/c1-4-34-21-13-9-19(10-14-21)28-23-24(35-22-15-5-17(2)6-16-22)26(31)29(25(23)30)20-11-7-18(8-12-20)27(32)33-3/h5-16,28H,4H2,1-3H3. The normalized spacial score (nSPS) is 13.3. The summed E-state index contributed by atoms with van der Waals surface area (Å²) in [4.78, 5) is 40.9. The summed E-state index contributed by atoms with van der Waals surface area (Å²) in [6.45, 7) is 4.43. The number of hydrogen-bond donors (Lipinski definition) is 1. The molecule has 0 unspecified atom stereocenters. The first-order chi connectivity index (χ1) is 16.9. The fourth-order valence-electron chi connectivity index (χ4n) is 3.48. The third kappa shape index (κ3) is 5.22. The number of benzene rings is 3. The van der Waals surface area contributed by atoms with Gasteiger partial charge in [-0.05, 0) is 74.5 Å². The van der Waals surface area contributed by atoms with Gasteiger partial charge in [0.15, 0.2) is 0 Å². The Kier molecular flexibility index (Phi) is 7.22. The predicted molar refractivity (Wildman–Crippen MR) is 136 cm³/mol. The lowest BCUT2D eigenvalue weighted by molar-refractivity contribution is -0.120. The fraction of sp³-hybridized carbons (Fsp3) is 0.148. The number of esters is 1. The van der Waals surface area contributed by atoms with E-state index in [4.69, 9.17) is 9.47 Å². The molecule has 0 bridgehead atoms. The van der Waals surface area contributed by atoms with E-state index < -0.39 is 17.8 Å². The van der Waals surface area contributed by atoms with Gasteiger partial charge in [0.25, 0.3) is 11.8 Å². The molecule has 0 radical (unpaired) electrons. The van der Waals surface area contributed by atoms with Gasteiger partial charge in [0, 0.05) is 10.6 Å². The lowest BCUT2D eigenvalue weighted by Crippen LogP contribution is -2.32. The van der Waals surface area contributed by atoms with Gasteiger partial charge >= 0.3 is 5.97 Å². The summed E-state index contributed by atoms with van der Waals surface area (Å²) in [5.74, 6) is -0.714. The first kappa shape index (κ1) is 24.1. The highest BCUT2D eigenvalue weighted by Crippen LogP contribution is 2.38. The van der Waals surface area contributed by atoms with Crippen LogP contribution in [-0.2, 0) is 14.3 Å². The molecule has 3 aromatic rings. The summed E-state index contributed by atoms with van der Waals surface area (Å²) >= 11 is 1.23. The molecule has 0 spiro atoms. The third-order valence-corrected chi connectivity index (χ3v) is 6.35. The summed E-state index contributed by atoms with van der Waals surface area (Å²) in [5.41, 5.74) is 2.61. The molecule has 2 amide bonds. The van der Waals surface area contributed by atoms with Gasteiger partial charge in [0.1, 0.15) is 16.4 Å². The van der Waals surface area contributed by atoms with Gasteiger partial charge in [-0.3, -0.25) is 9.59 Å². The highest BCUT2D eigenvalue weighted by atomic mass is 32.2. The molecule has 0 atom stereocenters. The van der Waals surface area contributed by atoms with Crippen LogP contribution in [0.15, 0.2) is 88.3 Å². The number of nitrogens with one attached hydrogen (secondary N) is 1. The number of aryl methyl sites for hydroxylation is 1. The molecule has 0 saturated heterocycles. The molecular weight excluding hydrogens is 464 g/mol. The van der Waals surface area contributed by atoms with E-state index in [0.717, 1.165) is 15.4 Å². The number of thioether (sulfide) groups is 1. The van der Waals surface area contributed by atoms with Gasteiger partial charge in [-0.2, -0.15) is 0 Å². The number of nitrogens with zero attached hydrogens (tertiary/aromatic N) is 1. The molecule has 7 nitrogen and oxygen atoms in total. The average Bonchev–Trinajstić information content (AvgIpc) is 3.10. The number of carbonyl (C=O) groups is 3. The second kappa shape index (κ2) is 10.5. The number of ether oxygens (including phenoxy) is 2. The number of methoxy groups -OCH3 is 1. The van der Waals surface area contributed by atoms with E-state index in [-0.39, 0.29) is 10.6 Å². The van der Waals surface area contributed by atoms with Crippen LogP contribution in [0.2, 0.25) is 0 Å². The largest absolute Gasteiger partial charge is 0.494 e. The van der Waals surface area contributed by atoms with Crippen LogP contribution in [0.25, 0.3) is 0 Å². The van der Waals surface area contributed by atoms with Crippen molar-refractivity contribution < 1.29 is 23.9 Å². The summed E-state index contributed by atoms with van der Waals surface area (Å²) < 4.78 is 10.2. The lowest BCUT2D eigenvalue weighted by Gasteiger charge is -2.15. The van der Waals surface area contributed by atoms with E-state index in [1.165, 1.54) is 31.0 Å². The van der Waals surface area contributed by atoms with Gasteiger partial charge in [-0.15, -0.1) is 0 Å². The topological polar surface area (TPSA) is 84.9 Å². The molecule has 35 heavy (non-hydrogen) atoms. The van der Waals surface area contributed by atoms with Crippen LogP contribution in [0.4, 0.5) is 11.4 Å². The monoisotopic (exact) mass is 488 g/mol. The van der Waals surface area contributed by atoms with Crippen LogP contribution in [0.5, 0.6) is 5.75 Å². The van der Waals surface area contributed by atoms with Crippen LogP contribution >= 0.6 is 11.8 Å². The van der Waals surface area contributed by atoms with Crippen molar-refractivity contribution in [3.8, 4) is 5.75 Å². The molecule has 3 aromatic carbocycles. The van der Waals surface area contributed by atoms with Crippen LogP contribution in [0.1, 0.15) is 22.8 Å². The molecule has 1 aliphatic heterocycles. The van der Waals surface area contributed by atoms with Gasteiger partial charge < -0.3 is 14.8 Å². The minimum Gasteiger partial charge on any atom is -0.494 e. The Labute approximate surface area is 207 Å². The second-order valence-electron chi connectivity index (χ2n) is 7.69. The molecular formula is C27H24N2O5S. The number of carbonyl (C=O) groups excluding carboxylic acids is 3. The zero-order valence-electron chi connectivity index (χ0n) is 19.5. The molecule has 0 saturated carbocycles. The van der Waals surface area contributed by atoms with E-state index in [1.54, 1.807) is 36.4 Å². The smallest absolute Gasteiger partial charge is 0.337 e. The summed E-state index contributed by atoms with van der Waals surface area (Å²) in [6.07, 6.45) is 0. The van der Waals surface area contributed by atoms with Crippen LogP contribution < -0.4 is 15.0 Å². The molecule has 178 valence electrons. The molecule has 4 rings (SSSR count). The minimum absolute atomic E-state index is 0.182. The van der Waals surface area contributed by atoms with Crippen molar-refractivity contribution in [2.45, 2.75) is 18.7 Å². The SMILES string of the molecule is CCOc1ccc(NC2=C(Sc3ccc(C)cc3)C(=O)N(c3ccc(C(=O)OC)cc3)C2=O)cc1. The zero-order chi connectivity index (χ0) is 24.9. The summed E-state index contributed by atoms with van der Waals surface area (Å²) in [7, 11) is 1.29. The first-order valence-corrected chi connectivity index (χ1v) is 11.8. The Morgan fingerprint density at radius 1 is 0.914 bits per heavy atom. The van der Waals surface area contributed by atoms with E-state index in [1.807, 2.05) is 38.1 Å². The highest BCUT2D eigenvalue weighted by molar-refractivity contribution is 8.04. The fourth-order valence-corrected chi connectivity index (χ4v) is 4.41. The molecule has 0 aliphatic carbocycles. The van der Waals surface area contributed by atoms with E-state index >= 15 is 0 Å². The number of imide groups is 1. The molecule has 0 aromatic heterocycles. The Bertz CT molecular complexity index is 1280. The molecule has 0 fully saturated rings. The zero-order valence-corrected chi connectivity index (χ0v) is 20.3. The highest BCUT2D eigenvalue weighted by Gasteiger charge is 2.40. The van der Waals surface area contributed by atoms with Crippen molar-refractivity contribution >= 4 is 40.9 Å². The van der Waals surface area contributed by atoms with Crippen LogP contribution in [-0.4, -0.2) is 31.5 Å². The van der Waals surface area contributed by atoms with Crippen LogP contribution in [0.3, 0.4) is 0 Å². The number of hydrogen-bond acceptors (Lipinski definition) is 7. The van der Waals surface area contributed by atoms with Gasteiger partial charge in [0.2, 0.25) is 0 Å². The van der Waals surface area contributed by atoms with Gasteiger partial charge in [-0.25, -0.2) is 9.69 Å². The van der Waals surface area contributed by atoms with E-state index in [2.05, 4.69) is 5.32 Å². The Balaban J connectivity index is 1.68. The van der Waals surface area contributed by atoms with Gasteiger partial charge in [-0.1, -0.05) is 29.5 Å². The number of anilines is 2. The minimum atomic E-state index is -0.498. The average molecular weight is 489 g/mol. The van der Waals surface area contributed by atoms with Crippen molar-refractivity contribution in [3.05, 3.63) is 94.5 Å². The van der Waals surface area contributed by atoms with E-state index in [9.17, 15) is 14.4 Å². The quantitative estimate of drug-likeness (QED) is 0.346. The summed E-state index contributed by atoms with van der Waals surface area (Å²) in [5, 5.41) is 3.13. The molecule has 1 N–H and O–H groups in total. The number of amides is 2. The summed E-state index contributed by atoms with van der Waals surface area (Å²) in [6, 6.07) is 21.0. The van der Waals surface area contributed by atoms with Crippen molar-refractivity contribution in [2.75, 3.05) is 23.9 Å². The Hall–Kier alpha value is -4.04. The maximum absolute atomic E-state index is 13.5. The Morgan fingerprint density at radius 2 is 1.57 bits per heavy atom. The first-order valence-electron chi connectivity index (χ1n) is 11.0. The van der Waals surface area contributed by atoms with Crippen molar-refractivity contribution in [2.24, 2.45) is 0 Å². The predicted octanol–water partition coefficient (Wildman–Crippen LogP) is 5.17. The van der Waals surface area contributed by atoms with Crippen molar-refractivity contribution in [1.29, 1.82) is 0 Å². The molecule has 1 aliphatic rings. The van der Waals surface area contributed by atoms with E-state index in [0.29, 0.717) is 29.3 Å². The molecule has 8 heteroatoms. The lowest BCUT2D eigenvalue weighted by atomic mass is 10.2. The number of rotatable bonds is 8. The Morgan fingerprint density at radius 3 is 2.17 bits per heavy atom. The van der Waals surface area contributed by atoms with Gasteiger partial charge in [0.05, 0.1) is 25.0 Å². The third-order valence-electron chi connectivity index (χ3n) is 5.26. The van der Waals surface area contributed by atoms with Crippen LogP contribution in [0, 0.1) is 6.92 Å². The maximum atomic E-state index is 13.5. The maximum Gasteiger partial charge on any atom is 0.337 e.